The van der Waals surface area contributed by atoms with E-state index < -0.39 is 5.60 Å². The molecule has 2 rings (SSSR count). The van der Waals surface area contributed by atoms with Gasteiger partial charge in [0.1, 0.15) is 5.75 Å². The van der Waals surface area contributed by atoms with E-state index in [1.165, 1.54) is 0 Å². The minimum Gasteiger partial charge on any atom is -0.476 e. The van der Waals surface area contributed by atoms with Gasteiger partial charge >= 0.3 is 0 Å². The molecule has 0 saturated heterocycles. The first-order valence-corrected chi connectivity index (χ1v) is 6.90. The normalized spacial score (nSPS) is 16.0. The summed E-state index contributed by atoms with van der Waals surface area (Å²) in [5, 5.41) is 6.58. The van der Waals surface area contributed by atoms with Crippen molar-refractivity contribution in [2.75, 3.05) is 5.32 Å². The first kappa shape index (κ1) is 15.0. The SMILES string of the molecule is CCCC=NNC(=O)c1ccc2c(c1)NC(=O)C(C)(C)O2. The smallest absolute Gasteiger partial charge is 0.271 e. The van der Waals surface area contributed by atoms with Crippen LogP contribution in [0.15, 0.2) is 23.3 Å². The number of unbranched alkanes of at least 4 members (excludes halogenated alkanes) is 1. The van der Waals surface area contributed by atoms with E-state index in [0.29, 0.717) is 17.0 Å². The van der Waals surface area contributed by atoms with Crippen LogP contribution in [-0.4, -0.2) is 23.6 Å². The minimum absolute atomic E-state index is 0.242. The molecule has 1 aliphatic heterocycles. The monoisotopic (exact) mass is 289 g/mol. The first-order chi connectivity index (χ1) is 9.94. The minimum atomic E-state index is -0.915. The van der Waals surface area contributed by atoms with E-state index in [9.17, 15) is 9.59 Å². The summed E-state index contributed by atoms with van der Waals surface area (Å²) in [6.45, 7) is 5.41. The molecule has 21 heavy (non-hydrogen) atoms. The number of rotatable bonds is 4. The quantitative estimate of drug-likeness (QED) is 0.659. The van der Waals surface area contributed by atoms with Gasteiger partial charge in [0.2, 0.25) is 0 Å². The number of hydrogen-bond donors (Lipinski definition) is 2. The van der Waals surface area contributed by atoms with E-state index in [-0.39, 0.29) is 11.8 Å². The summed E-state index contributed by atoms with van der Waals surface area (Å²) in [5.74, 6) is -0.0246. The van der Waals surface area contributed by atoms with Gasteiger partial charge in [0.05, 0.1) is 5.69 Å². The summed E-state index contributed by atoms with van der Waals surface area (Å²) in [6, 6.07) is 4.88. The molecule has 0 bridgehead atoms. The molecule has 1 aromatic carbocycles. The summed E-state index contributed by atoms with van der Waals surface area (Å²) in [6.07, 6.45) is 3.44. The maximum atomic E-state index is 11.9. The zero-order valence-corrected chi connectivity index (χ0v) is 12.4. The van der Waals surface area contributed by atoms with Gasteiger partial charge in [-0.2, -0.15) is 5.10 Å². The Bertz CT molecular complexity index is 594. The summed E-state index contributed by atoms with van der Waals surface area (Å²) >= 11 is 0. The molecule has 112 valence electrons. The number of ether oxygens (including phenoxy) is 1. The zero-order valence-electron chi connectivity index (χ0n) is 12.4. The highest BCUT2D eigenvalue weighted by molar-refractivity contribution is 6.02. The number of anilines is 1. The maximum absolute atomic E-state index is 11.9. The Hall–Kier alpha value is -2.37. The van der Waals surface area contributed by atoms with Gasteiger partial charge in [-0.05, 0) is 38.5 Å². The highest BCUT2D eigenvalue weighted by Crippen LogP contribution is 2.34. The summed E-state index contributed by atoms with van der Waals surface area (Å²) in [5.41, 5.74) is 2.43. The van der Waals surface area contributed by atoms with Crippen LogP contribution in [0, 0.1) is 0 Å². The fraction of sp³-hybridized carbons (Fsp3) is 0.400. The van der Waals surface area contributed by atoms with Crippen molar-refractivity contribution >= 4 is 23.7 Å². The predicted octanol–water partition coefficient (Wildman–Crippen LogP) is 2.31. The Labute approximate surface area is 123 Å². The van der Waals surface area contributed by atoms with E-state index in [1.807, 2.05) is 6.92 Å². The molecule has 0 unspecified atom stereocenters. The summed E-state index contributed by atoms with van der Waals surface area (Å²) < 4.78 is 5.61. The Morgan fingerprint density at radius 1 is 1.48 bits per heavy atom. The van der Waals surface area contributed by atoms with Gasteiger partial charge < -0.3 is 10.1 Å². The molecule has 0 aromatic heterocycles. The van der Waals surface area contributed by atoms with Crippen LogP contribution < -0.4 is 15.5 Å². The number of benzene rings is 1. The van der Waals surface area contributed by atoms with Gasteiger partial charge in [-0.3, -0.25) is 9.59 Å². The average molecular weight is 289 g/mol. The van der Waals surface area contributed by atoms with Crippen molar-refractivity contribution in [3.63, 3.8) is 0 Å². The van der Waals surface area contributed by atoms with Crippen molar-refractivity contribution in [3.05, 3.63) is 23.8 Å². The van der Waals surface area contributed by atoms with Crippen molar-refractivity contribution in [3.8, 4) is 5.75 Å². The van der Waals surface area contributed by atoms with Crippen molar-refractivity contribution < 1.29 is 14.3 Å². The van der Waals surface area contributed by atoms with Crippen molar-refractivity contribution in [1.29, 1.82) is 0 Å². The van der Waals surface area contributed by atoms with Gasteiger partial charge in [-0.1, -0.05) is 13.3 Å². The van der Waals surface area contributed by atoms with Crippen LogP contribution in [0.4, 0.5) is 5.69 Å². The molecule has 0 fully saturated rings. The van der Waals surface area contributed by atoms with Crippen LogP contribution in [0.5, 0.6) is 5.75 Å². The topological polar surface area (TPSA) is 79.8 Å². The largest absolute Gasteiger partial charge is 0.476 e. The molecule has 1 aliphatic rings. The molecule has 0 saturated carbocycles. The standard InChI is InChI=1S/C15H19N3O3/c1-4-5-8-16-18-13(19)10-6-7-12-11(9-10)17-14(20)15(2,3)21-12/h6-9H,4-5H2,1-3H3,(H,17,20)(H,18,19). The van der Waals surface area contributed by atoms with E-state index in [4.69, 9.17) is 4.74 Å². The number of hydrogen-bond acceptors (Lipinski definition) is 4. The lowest BCUT2D eigenvalue weighted by Gasteiger charge is -2.31. The second-order valence-corrected chi connectivity index (χ2v) is 5.32. The molecule has 6 heteroatoms. The Morgan fingerprint density at radius 3 is 2.95 bits per heavy atom. The third kappa shape index (κ3) is 3.39. The number of nitrogens with one attached hydrogen (secondary N) is 2. The van der Waals surface area contributed by atoms with Gasteiger partial charge in [0.25, 0.3) is 11.8 Å². The molecule has 2 amide bonds. The van der Waals surface area contributed by atoms with Crippen LogP contribution in [0.2, 0.25) is 0 Å². The number of fused-ring (bicyclic) bond motifs is 1. The first-order valence-electron chi connectivity index (χ1n) is 6.90. The third-order valence-corrected chi connectivity index (χ3v) is 3.08. The zero-order chi connectivity index (χ0) is 15.5. The molecular formula is C15H19N3O3. The third-order valence-electron chi connectivity index (χ3n) is 3.08. The van der Waals surface area contributed by atoms with Gasteiger partial charge in [-0.25, -0.2) is 5.43 Å². The van der Waals surface area contributed by atoms with Crippen LogP contribution in [-0.2, 0) is 4.79 Å². The summed E-state index contributed by atoms with van der Waals surface area (Å²) in [4.78, 5) is 23.8. The number of carbonyl (C=O) groups excluding carboxylic acids is 2. The molecule has 0 atom stereocenters. The second kappa shape index (κ2) is 5.95. The van der Waals surface area contributed by atoms with Crippen LogP contribution in [0.3, 0.4) is 0 Å². The molecular weight excluding hydrogens is 270 g/mol. The van der Waals surface area contributed by atoms with Gasteiger partial charge in [0, 0.05) is 11.8 Å². The lowest BCUT2D eigenvalue weighted by molar-refractivity contribution is -0.129. The van der Waals surface area contributed by atoms with E-state index >= 15 is 0 Å². The number of amides is 2. The lowest BCUT2D eigenvalue weighted by Crippen LogP contribution is -2.45. The average Bonchev–Trinajstić information content (AvgIpc) is 2.44. The van der Waals surface area contributed by atoms with Crippen LogP contribution in [0.25, 0.3) is 0 Å². The van der Waals surface area contributed by atoms with Gasteiger partial charge in [0.15, 0.2) is 5.60 Å². The molecule has 0 aliphatic carbocycles. The Balaban J connectivity index is 2.13. The molecule has 1 aromatic rings. The van der Waals surface area contributed by atoms with Crippen LogP contribution >= 0.6 is 0 Å². The number of nitrogens with zero attached hydrogens (tertiary/aromatic N) is 1. The van der Waals surface area contributed by atoms with E-state index in [1.54, 1.807) is 38.3 Å². The van der Waals surface area contributed by atoms with Crippen molar-refractivity contribution in [2.45, 2.75) is 39.2 Å². The number of carbonyl (C=O) groups is 2. The lowest BCUT2D eigenvalue weighted by atomic mass is 10.0. The number of hydrazone groups is 1. The fourth-order valence-corrected chi connectivity index (χ4v) is 1.81. The van der Waals surface area contributed by atoms with Crippen LogP contribution in [0.1, 0.15) is 44.0 Å². The maximum Gasteiger partial charge on any atom is 0.271 e. The fourth-order valence-electron chi connectivity index (χ4n) is 1.81. The van der Waals surface area contributed by atoms with Crippen molar-refractivity contribution in [1.82, 2.24) is 5.43 Å². The molecule has 2 N–H and O–H groups in total. The molecule has 0 radical (unpaired) electrons. The highest BCUT2D eigenvalue weighted by atomic mass is 16.5. The second-order valence-electron chi connectivity index (χ2n) is 5.32. The predicted molar refractivity (Wildman–Crippen MR) is 80.6 cm³/mol. The molecule has 1 heterocycles. The molecule has 6 nitrogen and oxygen atoms in total. The van der Waals surface area contributed by atoms with Crippen molar-refractivity contribution in [2.24, 2.45) is 5.10 Å². The van der Waals surface area contributed by atoms with Gasteiger partial charge in [-0.15, -0.1) is 0 Å². The highest BCUT2D eigenvalue weighted by Gasteiger charge is 2.35. The Morgan fingerprint density at radius 2 is 2.24 bits per heavy atom. The summed E-state index contributed by atoms with van der Waals surface area (Å²) in [7, 11) is 0. The molecule has 0 spiro atoms. The van der Waals surface area contributed by atoms with E-state index in [0.717, 1.165) is 12.8 Å². The van der Waals surface area contributed by atoms with E-state index in [2.05, 4.69) is 15.8 Å². The Kier molecular flexibility index (Phi) is 4.26.